The molecule has 0 amide bonds. The number of benzene rings is 3. The van der Waals surface area contributed by atoms with Gasteiger partial charge in [-0.15, -0.1) is 10.2 Å². The van der Waals surface area contributed by atoms with Crippen molar-refractivity contribution in [2.45, 2.75) is 81.7 Å². The number of nitrogens with zero attached hydrogens (tertiary/aromatic N) is 3. The molecular formula is C30H35N3S. The van der Waals surface area contributed by atoms with Crippen LogP contribution in [0.3, 0.4) is 0 Å². The largest absolute Gasteiger partial charge is 0.303 e. The van der Waals surface area contributed by atoms with Gasteiger partial charge in [0, 0.05) is 18.2 Å². The van der Waals surface area contributed by atoms with E-state index in [1.54, 1.807) is 0 Å². The van der Waals surface area contributed by atoms with E-state index in [9.17, 15) is 0 Å². The van der Waals surface area contributed by atoms with Crippen LogP contribution in [0, 0.1) is 0 Å². The van der Waals surface area contributed by atoms with Gasteiger partial charge in [0.2, 0.25) is 0 Å². The lowest BCUT2D eigenvalue weighted by Crippen LogP contribution is -2.17. The molecule has 1 heterocycles. The van der Waals surface area contributed by atoms with E-state index in [4.69, 9.17) is 10.2 Å². The minimum absolute atomic E-state index is 0.184. The Kier molecular flexibility index (Phi) is 6.78. The number of fused-ring (bicyclic) bond motifs is 1. The van der Waals surface area contributed by atoms with Gasteiger partial charge in [-0.3, -0.25) is 0 Å². The van der Waals surface area contributed by atoms with Crippen molar-refractivity contribution in [1.82, 2.24) is 14.8 Å². The standard InChI is InChI=1S/C30H35N3S/c1-30(2,3)25-18-16-22(17-19-25)21-34-29-32-31-28(33(29)26-13-5-4-6-14-26)20-24-12-9-11-23-10-7-8-15-27(23)24/h7-12,15-19,26H,4-6,13-14,20-21H2,1-3H3. The molecule has 3 nitrogen and oxygen atoms in total. The Morgan fingerprint density at radius 2 is 1.59 bits per heavy atom. The van der Waals surface area contributed by atoms with Crippen LogP contribution in [0.15, 0.2) is 71.9 Å². The number of thioether (sulfide) groups is 1. The normalized spacial score (nSPS) is 15.1. The monoisotopic (exact) mass is 469 g/mol. The SMILES string of the molecule is CC(C)(C)c1ccc(CSc2nnc(Cc3cccc4ccccc34)n2C2CCCCC2)cc1. The highest BCUT2D eigenvalue weighted by atomic mass is 32.2. The van der Waals surface area contributed by atoms with Crippen LogP contribution >= 0.6 is 11.8 Å². The van der Waals surface area contributed by atoms with Crippen LogP contribution in [0.5, 0.6) is 0 Å². The van der Waals surface area contributed by atoms with Gasteiger partial charge >= 0.3 is 0 Å². The molecule has 1 aliphatic carbocycles. The van der Waals surface area contributed by atoms with E-state index in [-0.39, 0.29) is 5.41 Å². The van der Waals surface area contributed by atoms with E-state index < -0.39 is 0 Å². The lowest BCUT2D eigenvalue weighted by molar-refractivity contribution is 0.330. The van der Waals surface area contributed by atoms with E-state index in [1.807, 2.05) is 11.8 Å². The predicted molar refractivity (Wildman–Crippen MR) is 144 cm³/mol. The van der Waals surface area contributed by atoms with E-state index in [1.165, 1.54) is 59.6 Å². The lowest BCUT2D eigenvalue weighted by atomic mass is 9.87. The molecular weight excluding hydrogens is 434 g/mol. The molecule has 0 spiro atoms. The second-order valence-corrected chi connectivity index (χ2v) is 11.6. The van der Waals surface area contributed by atoms with Crippen molar-refractivity contribution in [1.29, 1.82) is 0 Å². The first-order valence-corrected chi connectivity index (χ1v) is 13.6. The molecule has 1 fully saturated rings. The smallest absolute Gasteiger partial charge is 0.191 e. The maximum Gasteiger partial charge on any atom is 0.191 e. The highest BCUT2D eigenvalue weighted by Crippen LogP contribution is 2.35. The molecule has 4 heteroatoms. The van der Waals surface area contributed by atoms with Crippen LogP contribution < -0.4 is 0 Å². The molecule has 0 atom stereocenters. The van der Waals surface area contributed by atoms with Crippen molar-refractivity contribution >= 4 is 22.5 Å². The fraction of sp³-hybridized carbons (Fsp3) is 0.400. The molecule has 0 bridgehead atoms. The van der Waals surface area contributed by atoms with Crippen molar-refractivity contribution in [3.8, 4) is 0 Å². The van der Waals surface area contributed by atoms with Crippen molar-refractivity contribution in [3.05, 3.63) is 89.2 Å². The number of aromatic nitrogens is 3. The minimum Gasteiger partial charge on any atom is -0.303 e. The summed E-state index contributed by atoms with van der Waals surface area (Å²) >= 11 is 1.83. The summed E-state index contributed by atoms with van der Waals surface area (Å²) in [4.78, 5) is 0. The fourth-order valence-corrected chi connectivity index (χ4v) is 6.08. The zero-order valence-electron chi connectivity index (χ0n) is 20.6. The van der Waals surface area contributed by atoms with Gasteiger partial charge in [-0.2, -0.15) is 0 Å². The van der Waals surface area contributed by atoms with Crippen molar-refractivity contribution < 1.29 is 0 Å². The summed E-state index contributed by atoms with van der Waals surface area (Å²) in [7, 11) is 0. The van der Waals surface area contributed by atoms with Crippen LogP contribution in [0.25, 0.3) is 10.8 Å². The molecule has 1 saturated carbocycles. The van der Waals surface area contributed by atoms with E-state index in [2.05, 4.69) is 92.1 Å². The summed E-state index contributed by atoms with van der Waals surface area (Å²) < 4.78 is 2.48. The first-order chi connectivity index (χ1) is 16.5. The molecule has 4 aromatic rings. The molecule has 1 aliphatic rings. The summed E-state index contributed by atoms with van der Waals surface area (Å²) in [6.45, 7) is 6.79. The van der Waals surface area contributed by atoms with Gasteiger partial charge in [-0.1, -0.05) is 119 Å². The summed E-state index contributed by atoms with van der Waals surface area (Å²) in [5, 5.41) is 13.1. The maximum atomic E-state index is 4.74. The molecule has 0 aliphatic heterocycles. The zero-order valence-corrected chi connectivity index (χ0v) is 21.4. The van der Waals surface area contributed by atoms with E-state index >= 15 is 0 Å². The molecule has 3 aromatic carbocycles. The summed E-state index contributed by atoms with van der Waals surface area (Å²) in [6, 6.07) is 24.8. The molecule has 1 aromatic heterocycles. The number of hydrogen-bond donors (Lipinski definition) is 0. The molecule has 5 rings (SSSR count). The maximum absolute atomic E-state index is 4.74. The first-order valence-electron chi connectivity index (χ1n) is 12.6. The second-order valence-electron chi connectivity index (χ2n) is 10.6. The average Bonchev–Trinajstić information content (AvgIpc) is 3.25. The van der Waals surface area contributed by atoms with Crippen LogP contribution in [0.2, 0.25) is 0 Å². The van der Waals surface area contributed by atoms with Crippen molar-refractivity contribution in [2.75, 3.05) is 0 Å². The topological polar surface area (TPSA) is 30.7 Å². The Morgan fingerprint density at radius 3 is 2.35 bits per heavy atom. The third-order valence-corrected chi connectivity index (χ3v) is 8.11. The Morgan fingerprint density at radius 1 is 0.853 bits per heavy atom. The summed E-state index contributed by atoms with van der Waals surface area (Å²) in [5.74, 6) is 2.03. The molecule has 0 radical (unpaired) electrons. The molecule has 0 N–H and O–H groups in total. The quantitative estimate of drug-likeness (QED) is 0.267. The highest BCUT2D eigenvalue weighted by Gasteiger charge is 2.23. The Hall–Kier alpha value is -2.59. The molecule has 34 heavy (non-hydrogen) atoms. The molecule has 176 valence electrons. The van der Waals surface area contributed by atoms with E-state index in [0.717, 1.165) is 23.2 Å². The number of rotatable bonds is 6. The van der Waals surface area contributed by atoms with Gasteiger partial charge in [0.05, 0.1) is 0 Å². The van der Waals surface area contributed by atoms with Crippen molar-refractivity contribution in [3.63, 3.8) is 0 Å². The van der Waals surface area contributed by atoms with Gasteiger partial charge in [0.15, 0.2) is 5.16 Å². The minimum atomic E-state index is 0.184. The van der Waals surface area contributed by atoms with Crippen LogP contribution in [-0.4, -0.2) is 14.8 Å². The Labute approximate surface area is 208 Å². The van der Waals surface area contributed by atoms with Crippen molar-refractivity contribution in [2.24, 2.45) is 0 Å². The third kappa shape index (κ3) is 5.07. The van der Waals surface area contributed by atoms with Gasteiger partial charge < -0.3 is 4.57 Å². The Bertz CT molecular complexity index is 1240. The van der Waals surface area contributed by atoms with Crippen LogP contribution in [-0.2, 0) is 17.6 Å². The predicted octanol–water partition coefficient (Wildman–Crippen LogP) is 8.12. The molecule has 0 saturated heterocycles. The molecule has 0 unspecified atom stereocenters. The summed E-state index contributed by atoms with van der Waals surface area (Å²) in [5.41, 5.74) is 4.23. The zero-order chi connectivity index (χ0) is 23.5. The van der Waals surface area contributed by atoms with E-state index in [0.29, 0.717) is 6.04 Å². The summed E-state index contributed by atoms with van der Waals surface area (Å²) in [6.07, 6.45) is 7.23. The second kappa shape index (κ2) is 9.95. The highest BCUT2D eigenvalue weighted by molar-refractivity contribution is 7.98. The fourth-order valence-electron chi connectivity index (χ4n) is 5.10. The van der Waals surface area contributed by atoms with Crippen LogP contribution in [0.4, 0.5) is 0 Å². The Balaban J connectivity index is 1.41. The van der Waals surface area contributed by atoms with Gasteiger partial charge in [0.1, 0.15) is 5.82 Å². The van der Waals surface area contributed by atoms with Gasteiger partial charge in [0.25, 0.3) is 0 Å². The van der Waals surface area contributed by atoms with Gasteiger partial charge in [-0.25, -0.2) is 0 Å². The number of hydrogen-bond acceptors (Lipinski definition) is 3. The third-order valence-electron chi connectivity index (χ3n) is 7.09. The van der Waals surface area contributed by atoms with Gasteiger partial charge in [-0.05, 0) is 45.7 Å². The average molecular weight is 470 g/mol. The lowest BCUT2D eigenvalue weighted by Gasteiger charge is -2.26. The van der Waals surface area contributed by atoms with Crippen LogP contribution in [0.1, 0.15) is 81.4 Å². The first kappa shape index (κ1) is 23.2.